The molecule has 110 valence electrons. The summed E-state index contributed by atoms with van der Waals surface area (Å²) in [6.45, 7) is 2.02. The first-order chi connectivity index (χ1) is 11.2. The maximum atomic E-state index is 13.0. The van der Waals surface area contributed by atoms with Crippen molar-refractivity contribution < 1.29 is 9.59 Å². The molecular formula is C21H14O2. The number of hydrogen-bond acceptors (Lipinski definition) is 2. The zero-order valence-electron chi connectivity index (χ0n) is 12.7. The van der Waals surface area contributed by atoms with E-state index in [1.165, 1.54) is 0 Å². The lowest BCUT2D eigenvalue weighted by Crippen LogP contribution is -2.21. The molecule has 1 aliphatic rings. The summed E-state index contributed by atoms with van der Waals surface area (Å²) in [5.41, 5.74) is 4.91. The zero-order valence-corrected chi connectivity index (χ0v) is 12.7. The van der Waals surface area contributed by atoms with Gasteiger partial charge in [-0.25, -0.2) is 0 Å². The van der Waals surface area contributed by atoms with Gasteiger partial charge in [0.05, 0.1) is 0 Å². The predicted octanol–water partition coefficient (Wildman–Crippen LogP) is 4.44. The van der Waals surface area contributed by atoms with Gasteiger partial charge in [0.25, 0.3) is 0 Å². The summed E-state index contributed by atoms with van der Waals surface area (Å²) in [5, 5.41) is 0. The molecule has 0 heterocycles. The Bertz CT molecular complexity index is 950. The molecule has 0 spiro atoms. The zero-order chi connectivity index (χ0) is 16.0. The van der Waals surface area contributed by atoms with Crippen LogP contribution in [0.25, 0.3) is 11.1 Å². The van der Waals surface area contributed by atoms with Gasteiger partial charge in [-0.15, -0.1) is 0 Å². The summed E-state index contributed by atoms with van der Waals surface area (Å²) < 4.78 is 0. The normalized spacial score (nSPS) is 12.7. The SMILES string of the molecule is Cc1ccc(-c2cccc3c2C(=O)c2ccccc2C3=O)cc1. The second-order valence-corrected chi connectivity index (χ2v) is 5.80. The first-order valence-corrected chi connectivity index (χ1v) is 7.55. The lowest BCUT2D eigenvalue weighted by atomic mass is 9.80. The van der Waals surface area contributed by atoms with Crippen LogP contribution >= 0.6 is 0 Å². The monoisotopic (exact) mass is 298 g/mol. The van der Waals surface area contributed by atoms with Gasteiger partial charge in [0.2, 0.25) is 0 Å². The van der Waals surface area contributed by atoms with Crippen LogP contribution in [-0.4, -0.2) is 11.6 Å². The van der Waals surface area contributed by atoms with E-state index in [9.17, 15) is 9.59 Å². The molecule has 2 heteroatoms. The Balaban J connectivity index is 1.99. The second kappa shape index (κ2) is 5.03. The van der Waals surface area contributed by atoms with E-state index in [0.29, 0.717) is 22.3 Å². The lowest BCUT2D eigenvalue weighted by Gasteiger charge is -2.20. The summed E-state index contributed by atoms with van der Waals surface area (Å²) in [5.74, 6) is -0.157. The van der Waals surface area contributed by atoms with Crippen LogP contribution in [0.4, 0.5) is 0 Å². The number of fused-ring (bicyclic) bond motifs is 2. The highest BCUT2D eigenvalue weighted by atomic mass is 16.1. The van der Waals surface area contributed by atoms with Crippen LogP contribution in [0.1, 0.15) is 37.4 Å². The van der Waals surface area contributed by atoms with E-state index in [0.717, 1.165) is 16.7 Å². The number of benzene rings is 3. The van der Waals surface area contributed by atoms with Gasteiger partial charge in [-0.2, -0.15) is 0 Å². The Labute approximate surface area is 134 Å². The van der Waals surface area contributed by atoms with E-state index >= 15 is 0 Å². The Hall–Kier alpha value is -3.00. The van der Waals surface area contributed by atoms with Crippen LogP contribution < -0.4 is 0 Å². The molecule has 2 nitrogen and oxygen atoms in total. The molecule has 0 saturated carbocycles. The van der Waals surface area contributed by atoms with Crippen molar-refractivity contribution in [2.75, 3.05) is 0 Å². The third kappa shape index (κ3) is 2.03. The van der Waals surface area contributed by atoms with E-state index in [4.69, 9.17) is 0 Å². The molecular weight excluding hydrogens is 284 g/mol. The number of rotatable bonds is 1. The molecule has 3 aromatic rings. The van der Waals surface area contributed by atoms with Crippen molar-refractivity contribution in [3.63, 3.8) is 0 Å². The van der Waals surface area contributed by atoms with Gasteiger partial charge in [0.1, 0.15) is 0 Å². The molecule has 4 rings (SSSR count). The first-order valence-electron chi connectivity index (χ1n) is 7.55. The molecule has 0 radical (unpaired) electrons. The quantitative estimate of drug-likeness (QED) is 0.520. The molecule has 0 N–H and O–H groups in total. The Morgan fingerprint density at radius 2 is 1.13 bits per heavy atom. The van der Waals surface area contributed by atoms with E-state index in [2.05, 4.69) is 0 Å². The molecule has 0 amide bonds. The fraction of sp³-hybridized carbons (Fsp3) is 0.0476. The average molecular weight is 298 g/mol. The minimum absolute atomic E-state index is 0.0774. The minimum atomic E-state index is -0.0795. The summed E-state index contributed by atoms with van der Waals surface area (Å²) in [6, 6.07) is 20.5. The third-order valence-corrected chi connectivity index (χ3v) is 4.32. The van der Waals surface area contributed by atoms with Gasteiger partial charge in [0.15, 0.2) is 11.6 Å². The Morgan fingerprint density at radius 1 is 0.565 bits per heavy atom. The standard InChI is InChI=1S/C21H14O2/c1-13-9-11-14(12-10-13)15-7-4-8-18-19(15)21(23)17-6-3-2-5-16(17)20(18)22/h2-12H,1H3. The lowest BCUT2D eigenvalue weighted by molar-refractivity contribution is 0.0979. The molecule has 0 bridgehead atoms. The van der Waals surface area contributed by atoms with E-state index in [-0.39, 0.29) is 11.6 Å². The maximum absolute atomic E-state index is 13.0. The summed E-state index contributed by atoms with van der Waals surface area (Å²) >= 11 is 0. The highest BCUT2D eigenvalue weighted by Crippen LogP contribution is 2.34. The summed E-state index contributed by atoms with van der Waals surface area (Å²) in [4.78, 5) is 25.7. The Kier molecular flexibility index (Phi) is 2.98. The molecule has 0 fully saturated rings. The molecule has 1 aliphatic carbocycles. The number of ketones is 2. The predicted molar refractivity (Wildman–Crippen MR) is 89.9 cm³/mol. The van der Waals surface area contributed by atoms with E-state index in [1.807, 2.05) is 43.3 Å². The second-order valence-electron chi connectivity index (χ2n) is 5.80. The van der Waals surface area contributed by atoms with Crippen molar-refractivity contribution in [3.8, 4) is 11.1 Å². The van der Waals surface area contributed by atoms with Crippen molar-refractivity contribution >= 4 is 11.6 Å². The van der Waals surface area contributed by atoms with Gasteiger partial charge >= 0.3 is 0 Å². The highest BCUT2D eigenvalue weighted by molar-refractivity contribution is 6.30. The van der Waals surface area contributed by atoms with E-state index < -0.39 is 0 Å². The van der Waals surface area contributed by atoms with Gasteiger partial charge in [-0.1, -0.05) is 72.3 Å². The van der Waals surface area contributed by atoms with Crippen molar-refractivity contribution in [1.82, 2.24) is 0 Å². The van der Waals surface area contributed by atoms with Crippen LogP contribution in [0.3, 0.4) is 0 Å². The first kappa shape index (κ1) is 13.6. The molecule has 23 heavy (non-hydrogen) atoms. The topological polar surface area (TPSA) is 34.1 Å². The molecule has 0 saturated heterocycles. The average Bonchev–Trinajstić information content (AvgIpc) is 2.60. The number of hydrogen-bond donors (Lipinski definition) is 0. The van der Waals surface area contributed by atoms with Crippen LogP contribution in [0.5, 0.6) is 0 Å². The fourth-order valence-electron chi connectivity index (χ4n) is 3.12. The molecule has 3 aromatic carbocycles. The fourth-order valence-corrected chi connectivity index (χ4v) is 3.12. The highest BCUT2D eigenvalue weighted by Gasteiger charge is 2.31. The molecule has 0 atom stereocenters. The molecule has 0 aliphatic heterocycles. The van der Waals surface area contributed by atoms with Crippen molar-refractivity contribution in [2.45, 2.75) is 6.92 Å². The summed E-state index contributed by atoms with van der Waals surface area (Å²) in [7, 11) is 0. The van der Waals surface area contributed by atoms with Crippen molar-refractivity contribution in [3.05, 3.63) is 94.5 Å². The maximum Gasteiger partial charge on any atom is 0.195 e. The van der Waals surface area contributed by atoms with Crippen LogP contribution in [0.2, 0.25) is 0 Å². The number of carbonyl (C=O) groups is 2. The smallest absolute Gasteiger partial charge is 0.195 e. The Morgan fingerprint density at radius 3 is 1.83 bits per heavy atom. The van der Waals surface area contributed by atoms with Crippen LogP contribution in [0, 0.1) is 6.92 Å². The van der Waals surface area contributed by atoms with Gasteiger partial charge in [-0.3, -0.25) is 9.59 Å². The minimum Gasteiger partial charge on any atom is -0.289 e. The summed E-state index contributed by atoms with van der Waals surface area (Å²) in [6.07, 6.45) is 0. The van der Waals surface area contributed by atoms with Crippen LogP contribution in [0.15, 0.2) is 66.7 Å². The molecule has 0 unspecified atom stereocenters. The third-order valence-electron chi connectivity index (χ3n) is 4.32. The number of carbonyl (C=O) groups excluding carboxylic acids is 2. The van der Waals surface area contributed by atoms with Gasteiger partial charge < -0.3 is 0 Å². The number of aryl methyl sites for hydroxylation is 1. The largest absolute Gasteiger partial charge is 0.289 e. The van der Waals surface area contributed by atoms with Gasteiger partial charge in [0, 0.05) is 22.3 Å². The van der Waals surface area contributed by atoms with E-state index in [1.54, 1.807) is 30.3 Å². The van der Waals surface area contributed by atoms with Crippen LogP contribution in [-0.2, 0) is 0 Å². The molecule has 0 aromatic heterocycles. The van der Waals surface area contributed by atoms with Crippen molar-refractivity contribution in [1.29, 1.82) is 0 Å². The van der Waals surface area contributed by atoms with Crippen molar-refractivity contribution in [2.24, 2.45) is 0 Å². The van der Waals surface area contributed by atoms with Gasteiger partial charge in [-0.05, 0) is 18.1 Å².